The van der Waals surface area contributed by atoms with Crippen molar-refractivity contribution >= 4 is 40.1 Å². The van der Waals surface area contributed by atoms with Crippen LogP contribution in [0.5, 0.6) is 0 Å². The van der Waals surface area contributed by atoms with E-state index in [0.717, 1.165) is 24.1 Å². The fraction of sp³-hybridized carbons (Fsp3) is 0.619. The summed E-state index contributed by atoms with van der Waals surface area (Å²) < 4.78 is 29.9. The van der Waals surface area contributed by atoms with Crippen molar-refractivity contribution in [1.82, 2.24) is 13.9 Å². The molecule has 4 heterocycles. The summed E-state index contributed by atoms with van der Waals surface area (Å²) in [5.41, 5.74) is 8.06. The maximum atomic E-state index is 13.3. The lowest BCUT2D eigenvalue weighted by atomic mass is 9.99. The van der Waals surface area contributed by atoms with E-state index >= 15 is 0 Å². The Morgan fingerprint density at radius 1 is 1.09 bits per heavy atom. The minimum atomic E-state index is -3.50. The van der Waals surface area contributed by atoms with Gasteiger partial charge in [0.05, 0.1) is 6.42 Å². The van der Waals surface area contributed by atoms with E-state index in [2.05, 4.69) is 10.6 Å². The van der Waals surface area contributed by atoms with E-state index in [0.29, 0.717) is 44.3 Å². The molecule has 0 aromatic heterocycles. The van der Waals surface area contributed by atoms with Crippen molar-refractivity contribution in [3.8, 4) is 0 Å². The SMILES string of the molecule is Cl.NC1CCN(S(=O)(=O)N2[C@@H]3CC[C@H]2CC(NC(=O)c2ccc4c(c2)CC(=O)N4)C3)CC1. The number of nitrogens with two attached hydrogens (primary N) is 1. The molecule has 32 heavy (non-hydrogen) atoms. The van der Waals surface area contributed by atoms with Gasteiger partial charge in [-0.05, 0) is 62.3 Å². The Morgan fingerprint density at radius 2 is 1.75 bits per heavy atom. The highest BCUT2D eigenvalue weighted by molar-refractivity contribution is 7.86. The minimum Gasteiger partial charge on any atom is -0.349 e. The number of rotatable bonds is 4. The van der Waals surface area contributed by atoms with Crippen LogP contribution in [0.2, 0.25) is 0 Å². The number of benzene rings is 1. The average Bonchev–Trinajstić information content (AvgIpc) is 3.24. The molecule has 4 aliphatic rings. The molecule has 1 aromatic carbocycles. The van der Waals surface area contributed by atoms with Crippen molar-refractivity contribution in [2.75, 3.05) is 18.4 Å². The monoisotopic (exact) mass is 483 g/mol. The van der Waals surface area contributed by atoms with Gasteiger partial charge in [0, 0.05) is 48.5 Å². The van der Waals surface area contributed by atoms with Crippen molar-refractivity contribution in [3.05, 3.63) is 29.3 Å². The van der Waals surface area contributed by atoms with Crippen LogP contribution in [0.1, 0.15) is 54.4 Å². The molecule has 9 nitrogen and oxygen atoms in total. The summed E-state index contributed by atoms with van der Waals surface area (Å²) in [5, 5.41) is 5.87. The van der Waals surface area contributed by atoms with Gasteiger partial charge in [0.2, 0.25) is 5.91 Å². The minimum absolute atomic E-state index is 0. The van der Waals surface area contributed by atoms with Gasteiger partial charge >= 0.3 is 0 Å². The van der Waals surface area contributed by atoms with Crippen LogP contribution in [0.3, 0.4) is 0 Å². The molecule has 4 aliphatic heterocycles. The first kappa shape index (κ1) is 23.4. The van der Waals surface area contributed by atoms with Gasteiger partial charge in [-0.3, -0.25) is 9.59 Å². The maximum Gasteiger partial charge on any atom is 0.282 e. The zero-order valence-electron chi connectivity index (χ0n) is 17.8. The molecule has 5 rings (SSSR count). The summed E-state index contributed by atoms with van der Waals surface area (Å²) in [6, 6.07) is 5.11. The summed E-state index contributed by atoms with van der Waals surface area (Å²) in [5.74, 6) is -0.235. The van der Waals surface area contributed by atoms with Gasteiger partial charge < -0.3 is 16.4 Å². The molecule has 3 atom stereocenters. The van der Waals surface area contributed by atoms with Crippen LogP contribution in [0.15, 0.2) is 18.2 Å². The van der Waals surface area contributed by atoms with Gasteiger partial charge in [-0.1, -0.05) is 0 Å². The van der Waals surface area contributed by atoms with Gasteiger partial charge in [0.1, 0.15) is 0 Å². The number of carbonyl (C=O) groups is 2. The number of amides is 2. The molecule has 0 radical (unpaired) electrons. The number of fused-ring (bicyclic) bond motifs is 3. The summed E-state index contributed by atoms with van der Waals surface area (Å²) in [4.78, 5) is 24.4. The Hall–Kier alpha value is -1.72. The van der Waals surface area contributed by atoms with Crippen LogP contribution in [0.4, 0.5) is 5.69 Å². The second-order valence-corrected chi connectivity index (χ2v) is 11.0. The molecule has 0 saturated carbocycles. The predicted octanol–water partition coefficient (Wildman–Crippen LogP) is 0.996. The van der Waals surface area contributed by atoms with Gasteiger partial charge in [-0.15, -0.1) is 12.4 Å². The number of hydrogen-bond donors (Lipinski definition) is 3. The third kappa shape index (κ3) is 4.26. The highest BCUT2D eigenvalue weighted by atomic mass is 35.5. The predicted molar refractivity (Wildman–Crippen MR) is 123 cm³/mol. The molecule has 3 fully saturated rings. The molecular formula is C21H30ClN5O4S. The maximum absolute atomic E-state index is 13.3. The fourth-order valence-corrected chi connectivity index (χ4v) is 7.58. The van der Waals surface area contributed by atoms with E-state index in [1.165, 1.54) is 0 Å². The number of nitrogens with zero attached hydrogens (tertiary/aromatic N) is 2. The molecule has 3 saturated heterocycles. The molecule has 0 spiro atoms. The second-order valence-electron chi connectivity index (χ2n) is 9.20. The van der Waals surface area contributed by atoms with E-state index in [1.54, 1.807) is 26.8 Å². The lowest BCUT2D eigenvalue weighted by molar-refractivity contribution is -0.115. The Bertz CT molecular complexity index is 997. The number of hydrogen-bond acceptors (Lipinski definition) is 5. The zero-order valence-corrected chi connectivity index (χ0v) is 19.5. The van der Waals surface area contributed by atoms with Crippen LogP contribution in [-0.2, 0) is 21.4 Å². The average molecular weight is 484 g/mol. The molecule has 2 bridgehead atoms. The lowest BCUT2D eigenvalue weighted by Gasteiger charge is -2.41. The number of nitrogens with one attached hydrogen (secondary N) is 2. The van der Waals surface area contributed by atoms with Gasteiger partial charge in [-0.2, -0.15) is 17.0 Å². The quantitative estimate of drug-likeness (QED) is 0.589. The fourth-order valence-electron chi connectivity index (χ4n) is 5.51. The van der Waals surface area contributed by atoms with E-state index in [-0.39, 0.29) is 54.8 Å². The lowest BCUT2D eigenvalue weighted by Crippen LogP contribution is -2.57. The Morgan fingerprint density at radius 3 is 2.41 bits per heavy atom. The number of halogens is 1. The molecule has 176 valence electrons. The van der Waals surface area contributed by atoms with E-state index in [1.807, 2.05) is 0 Å². The molecule has 1 aromatic rings. The Balaban J connectivity index is 0.00000245. The van der Waals surface area contributed by atoms with Crippen LogP contribution in [0, 0.1) is 0 Å². The largest absolute Gasteiger partial charge is 0.349 e. The zero-order chi connectivity index (χ0) is 21.8. The number of carbonyl (C=O) groups excluding carboxylic acids is 2. The van der Waals surface area contributed by atoms with Crippen molar-refractivity contribution in [2.45, 2.75) is 69.1 Å². The standard InChI is InChI=1S/C21H29N5O4S.ClH/c22-15-5-7-25(8-6-15)31(29,30)26-17-2-3-18(26)12-16(11-17)23-21(28)13-1-4-19-14(9-13)10-20(27)24-19;/h1,4,9,15-18H,2-3,5-8,10-12,22H2,(H,23,28)(H,24,27);1H/t16?,17-,18+;. The van der Waals surface area contributed by atoms with Crippen LogP contribution < -0.4 is 16.4 Å². The Kier molecular flexibility index (Phi) is 6.52. The molecule has 2 amide bonds. The molecule has 0 aliphatic carbocycles. The first-order valence-corrected chi connectivity index (χ1v) is 12.5. The summed E-state index contributed by atoms with van der Waals surface area (Å²) in [6.07, 6.45) is 4.59. The van der Waals surface area contributed by atoms with E-state index < -0.39 is 10.2 Å². The number of piperidine rings is 2. The van der Waals surface area contributed by atoms with Crippen LogP contribution in [-0.4, -0.2) is 66.1 Å². The summed E-state index contributed by atoms with van der Waals surface area (Å²) >= 11 is 0. The van der Waals surface area contributed by atoms with E-state index in [9.17, 15) is 18.0 Å². The summed E-state index contributed by atoms with van der Waals surface area (Å²) in [7, 11) is -3.50. The van der Waals surface area contributed by atoms with Crippen molar-refractivity contribution in [2.24, 2.45) is 5.73 Å². The third-order valence-electron chi connectivity index (χ3n) is 7.09. The topological polar surface area (TPSA) is 125 Å². The molecule has 4 N–H and O–H groups in total. The molecule has 11 heteroatoms. The normalized spacial score (nSPS) is 28.7. The second kappa shape index (κ2) is 8.90. The highest BCUT2D eigenvalue weighted by Gasteiger charge is 2.49. The van der Waals surface area contributed by atoms with Gasteiger partial charge in [0.15, 0.2) is 0 Å². The van der Waals surface area contributed by atoms with Gasteiger partial charge in [-0.25, -0.2) is 0 Å². The first-order valence-electron chi connectivity index (χ1n) is 11.1. The third-order valence-corrected chi connectivity index (χ3v) is 9.23. The van der Waals surface area contributed by atoms with Crippen molar-refractivity contribution in [1.29, 1.82) is 0 Å². The summed E-state index contributed by atoms with van der Waals surface area (Å²) in [6.45, 7) is 0.963. The first-order chi connectivity index (χ1) is 14.8. The van der Waals surface area contributed by atoms with Crippen molar-refractivity contribution in [3.63, 3.8) is 0 Å². The highest BCUT2D eigenvalue weighted by Crippen LogP contribution is 2.39. The van der Waals surface area contributed by atoms with Crippen LogP contribution in [0.25, 0.3) is 0 Å². The van der Waals surface area contributed by atoms with E-state index in [4.69, 9.17) is 5.73 Å². The number of anilines is 1. The molecular weight excluding hydrogens is 454 g/mol. The smallest absolute Gasteiger partial charge is 0.282 e. The van der Waals surface area contributed by atoms with Crippen LogP contribution >= 0.6 is 12.4 Å². The Labute approximate surface area is 194 Å². The van der Waals surface area contributed by atoms with Crippen molar-refractivity contribution < 1.29 is 18.0 Å². The van der Waals surface area contributed by atoms with Gasteiger partial charge in [0.25, 0.3) is 16.1 Å². The molecule has 1 unspecified atom stereocenters.